The van der Waals surface area contributed by atoms with Crippen molar-refractivity contribution in [3.8, 4) is 11.1 Å². The zero-order valence-corrected chi connectivity index (χ0v) is 10.4. The first kappa shape index (κ1) is 13.2. The van der Waals surface area contributed by atoms with Gasteiger partial charge in [-0.3, -0.25) is 0 Å². The summed E-state index contributed by atoms with van der Waals surface area (Å²) in [6, 6.07) is 9.65. The molecule has 94 valence electrons. The van der Waals surface area contributed by atoms with E-state index in [9.17, 15) is 13.2 Å². The van der Waals surface area contributed by atoms with Crippen molar-refractivity contribution in [2.24, 2.45) is 0 Å². The van der Waals surface area contributed by atoms with Crippen LogP contribution in [0.3, 0.4) is 0 Å². The molecule has 5 heteroatoms. The van der Waals surface area contributed by atoms with E-state index >= 15 is 0 Å². The molecule has 0 atom stereocenters. The molecule has 18 heavy (non-hydrogen) atoms. The van der Waals surface area contributed by atoms with Crippen LogP contribution in [0.4, 0.5) is 13.2 Å². The minimum absolute atomic E-state index is 0.360. The predicted octanol–water partition coefficient (Wildman–Crippen LogP) is 5.68. The molecular weight excluding hydrogens is 284 g/mol. The molecule has 0 aliphatic carbocycles. The summed E-state index contributed by atoms with van der Waals surface area (Å²) in [5.41, 5.74) is 0.156. The second kappa shape index (κ2) is 4.82. The van der Waals surface area contributed by atoms with E-state index in [4.69, 9.17) is 23.2 Å². The van der Waals surface area contributed by atoms with Crippen molar-refractivity contribution in [3.05, 3.63) is 58.1 Å². The third-order valence-corrected chi connectivity index (χ3v) is 2.99. The summed E-state index contributed by atoms with van der Waals surface area (Å²) >= 11 is 11.8. The highest BCUT2D eigenvalue weighted by molar-refractivity contribution is 6.35. The van der Waals surface area contributed by atoms with Gasteiger partial charge in [-0.1, -0.05) is 35.3 Å². The van der Waals surface area contributed by atoms with Crippen LogP contribution in [0.5, 0.6) is 0 Å². The van der Waals surface area contributed by atoms with Gasteiger partial charge in [0, 0.05) is 15.6 Å². The maximum atomic E-state index is 12.6. The van der Waals surface area contributed by atoms with Crippen LogP contribution >= 0.6 is 23.2 Å². The van der Waals surface area contributed by atoms with E-state index in [2.05, 4.69) is 0 Å². The Morgan fingerprint density at radius 3 is 2.28 bits per heavy atom. The van der Waals surface area contributed by atoms with E-state index in [0.717, 1.165) is 12.1 Å². The molecule has 0 spiro atoms. The van der Waals surface area contributed by atoms with E-state index in [-0.39, 0.29) is 0 Å². The van der Waals surface area contributed by atoms with Crippen LogP contribution in [-0.4, -0.2) is 0 Å². The Labute approximate surface area is 112 Å². The first-order chi connectivity index (χ1) is 8.38. The topological polar surface area (TPSA) is 0 Å². The van der Waals surface area contributed by atoms with E-state index in [0.29, 0.717) is 21.2 Å². The van der Waals surface area contributed by atoms with Crippen LogP contribution in [0.2, 0.25) is 10.0 Å². The monoisotopic (exact) mass is 290 g/mol. The molecule has 0 bridgehead atoms. The number of hydrogen-bond acceptors (Lipinski definition) is 0. The molecule has 0 saturated carbocycles. The molecule has 0 heterocycles. The Balaban J connectivity index is 2.55. The van der Waals surface area contributed by atoms with Gasteiger partial charge in [0.05, 0.1) is 5.56 Å². The molecule has 0 fully saturated rings. The van der Waals surface area contributed by atoms with E-state index in [1.54, 1.807) is 24.3 Å². The molecule has 0 radical (unpaired) electrons. The highest BCUT2D eigenvalue weighted by Crippen LogP contribution is 2.35. The van der Waals surface area contributed by atoms with Gasteiger partial charge in [0.2, 0.25) is 0 Å². The fourth-order valence-corrected chi connectivity index (χ4v) is 1.98. The van der Waals surface area contributed by atoms with Crippen LogP contribution in [-0.2, 0) is 6.18 Å². The number of hydrogen-bond donors (Lipinski definition) is 0. The lowest BCUT2D eigenvalue weighted by atomic mass is 10.0. The smallest absolute Gasteiger partial charge is 0.166 e. The van der Waals surface area contributed by atoms with E-state index < -0.39 is 11.7 Å². The second-order valence-corrected chi connectivity index (χ2v) is 4.55. The summed E-state index contributed by atoms with van der Waals surface area (Å²) in [5.74, 6) is 0. The molecule has 2 aromatic rings. The quantitative estimate of drug-likeness (QED) is 0.634. The number of halogens is 5. The molecule has 0 aliphatic heterocycles. The van der Waals surface area contributed by atoms with Gasteiger partial charge in [0.15, 0.2) is 0 Å². The minimum Gasteiger partial charge on any atom is -0.166 e. The molecule has 0 amide bonds. The van der Waals surface area contributed by atoms with Gasteiger partial charge >= 0.3 is 6.18 Å². The summed E-state index contributed by atoms with van der Waals surface area (Å²) in [5, 5.41) is 0.783. The highest BCUT2D eigenvalue weighted by atomic mass is 35.5. The Morgan fingerprint density at radius 1 is 0.889 bits per heavy atom. The molecule has 0 aliphatic rings. The largest absolute Gasteiger partial charge is 0.416 e. The van der Waals surface area contributed by atoms with Crippen molar-refractivity contribution in [1.29, 1.82) is 0 Å². The maximum Gasteiger partial charge on any atom is 0.416 e. The zero-order valence-electron chi connectivity index (χ0n) is 8.93. The molecule has 0 unspecified atom stereocenters. The fraction of sp³-hybridized carbons (Fsp3) is 0.0769. The summed E-state index contributed by atoms with van der Waals surface area (Å²) in [4.78, 5) is 0. The van der Waals surface area contributed by atoms with Gasteiger partial charge in [-0.25, -0.2) is 0 Å². The highest BCUT2D eigenvalue weighted by Gasteiger charge is 2.30. The van der Waals surface area contributed by atoms with Gasteiger partial charge in [-0.2, -0.15) is 13.2 Å². The predicted molar refractivity (Wildman–Crippen MR) is 66.9 cm³/mol. The van der Waals surface area contributed by atoms with Gasteiger partial charge in [0.1, 0.15) is 0 Å². The average Bonchev–Trinajstić information content (AvgIpc) is 2.31. The molecule has 0 nitrogen and oxygen atoms in total. The Morgan fingerprint density at radius 2 is 1.61 bits per heavy atom. The third kappa shape index (κ3) is 2.79. The Kier molecular flexibility index (Phi) is 3.55. The Hall–Kier alpha value is -1.19. The lowest BCUT2D eigenvalue weighted by Gasteiger charge is -2.10. The first-order valence-electron chi connectivity index (χ1n) is 5.00. The zero-order chi connectivity index (χ0) is 13.3. The minimum atomic E-state index is -4.37. The van der Waals surface area contributed by atoms with Crippen molar-refractivity contribution in [1.82, 2.24) is 0 Å². The van der Waals surface area contributed by atoms with Crippen molar-refractivity contribution in [2.75, 3.05) is 0 Å². The number of alkyl halides is 3. The lowest BCUT2D eigenvalue weighted by Crippen LogP contribution is -2.04. The lowest BCUT2D eigenvalue weighted by molar-refractivity contribution is -0.137. The van der Waals surface area contributed by atoms with Crippen molar-refractivity contribution in [2.45, 2.75) is 6.18 Å². The Bertz CT molecular complexity index is 577. The van der Waals surface area contributed by atoms with Crippen molar-refractivity contribution >= 4 is 23.2 Å². The molecule has 2 rings (SSSR count). The van der Waals surface area contributed by atoms with E-state index in [1.165, 1.54) is 6.07 Å². The van der Waals surface area contributed by atoms with Crippen LogP contribution in [0, 0.1) is 0 Å². The van der Waals surface area contributed by atoms with Gasteiger partial charge in [0.25, 0.3) is 0 Å². The van der Waals surface area contributed by atoms with Crippen molar-refractivity contribution in [3.63, 3.8) is 0 Å². The summed E-state index contributed by atoms with van der Waals surface area (Å²) in [6.07, 6.45) is -4.37. The average molecular weight is 291 g/mol. The van der Waals surface area contributed by atoms with Gasteiger partial charge in [-0.15, -0.1) is 0 Å². The molecule has 0 N–H and O–H groups in total. The first-order valence-corrected chi connectivity index (χ1v) is 5.76. The van der Waals surface area contributed by atoms with Crippen LogP contribution in [0.15, 0.2) is 42.5 Å². The van der Waals surface area contributed by atoms with Gasteiger partial charge < -0.3 is 0 Å². The maximum absolute atomic E-state index is 12.6. The standard InChI is InChI=1S/C13H7Cl2F3/c14-10-4-5-12(15)11(7-10)8-2-1-3-9(6-8)13(16,17)18/h1-7H. The normalized spacial score (nSPS) is 11.6. The van der Waals surface area contributed by atoms with Crippen molar-refractivity contribution < 1.29 is 13.2 Å². The van der Waals surface area contributed by atoms with E-state index in [1.807, 2.05) is 0 Å². The molecule has 0 saturated heterocycles. The van der Waals surface area contributed by atoms with Gasteiger partial charge in [-0.05, 0) is 35.9 Å². The molecule has 0 aromatic heterocycles. The summed E-state index contributed by atoms with van der Waals surface area (Å²) < 4.78 is 37.8. The fourth-order valence-electron chi connectivity index (χ4n) is 1.58. The van der Waals surface area contributed by atoms with Crippen LogP contribution in [0.25, 0.3) is 11.1 Å². The second-order valence-electron chi connectivity index (χ2n) is 3.70. The number of rotatable bonds is 1. The summed E-state index contributed by atoms with van der Waals surface area (Å²) in [7, 11) is 0. The van der Waals surface area contributed by atoms with Crippen LogP contribution in [0.1, 0.15) is 5.56 Å². The molecular formula is C13H7Cl2F3. The third-order valence-electron chi connectivity index (χ3n) is 2.43. The SMILES string of the molecule is FC(F)(F)c1cccc(-c2cc(Cl)ccc2Cl)c1. The molecule has 2 aromatic carbocycles. The number of benzene rings is 2. The van der Waals surface area contributed by atoms with Crippen LogP contribution < -0.4 is 0 Å². The summed E-state index contributed by atoms with van der Waals surface area (Å²) in [6.45, 7) is 0.